The molecule has 0 aromatic carbocycles. The van der Waals surface area contributed by atoms with E-state index in [4.69, 9.17) is 0 Å². The van der Waals surface area contributed by atoms with E-state index in [0.29, 0.717) is 0 Å². The molecule has 0 fully saturated rings. The molecular formula is C13H17N3S. The van der Waals surface area contributed by atoms with Crippen molar-refractivity contribution in [2.24, 2.45) is 0 Å². The maximum absolute atomic E-state index is 4.52. The van der Waals surface area contributed by atoms with Crippen molar-refractivity contribution in [1.29, 1.82) is 0 Å². The van der Waals surface area contributed by atoms with E-state index in [1.807, 2.05) is 31.0 Å². The highest BCUT2D eigenvalue weighted by Gasteiger charge is 2.15. The van der Waals surface area contributed by atoms with Crippen LogP contribution < -0.4 is 5.32 Å². The zero-order valence-corrected chi connectivity index (χ0v) is 11.0. The zero-order valence-electron chi connectivity index (χ0n) is 10.2. The molecule has 17 heavy (non-hydrogen) atoms. The van der Waals surface area contributed by atoms with Gasteiger partial charge in [-0.05, 0) is 25.1 Å². The molecule has 1 atom stereocenters. The first-order chi connectivity index (χ1) is 8.35. The predicted molar refractivity (Wildman–Crippen MR) is 71.2 cm³/mol. The Kier molecular flexibility index (Phi) is 4.23. The SMILES string of the molecule is CCc1cccnc1C(Cc1cncs1)NC. The minimum atomic E-state index is 0.270. The molecule has 90 valence electrons. The largest absolute Gasteiger partial charge is 0.311 e. The van der Waals surface area contributed by atoms with Crippen LogP contribution in [0.1, 0.15) is 29.1 Å². The van der Waals surface area contributed by atoms with Gasteiger partial charge in [-0.1, -0.05) is 13.0 Å². The molecule has 0 spiro atoms. The number of nitrogens with one attached hydrogen (secondary N) is 1. The Labute approximate surface area is 106 Å². The topological polar surface area (TPSA) is 37.8 Å². The first kappa shape index (κ1) is 12.2. The van der Waals surface area contributed by atoms with Crippen LogP contribution in [-0.2, 0) is 12.8 Å². The van der Waals surface area contributed by atoms with Crippen molar-refractivity contribution in [1.82, 2.24) is 15.3 Å². The molecule has 2 rings (SSSR count). The standard InChI is InChI=1S/C13H17N3S/c1-3-10-5-4-6-16-13(10)12(14-2)7-11-8-15-9-17-11/h4-6,8-9,12,14H,3,7H2,1-2H3. The van der Waals surface area contributed by atoms with Crippen LogP contribution in [0.25, 0.3) is 0 Å². The summed E-state index contributed by atoms with van der Waals surface area (Å²) in [6.07, 6.45) is 5.77. The highest BCUT2D eigenvalue weighted by Crippen LogP contribution is 2.21. The van der Waals surface area contributed by atoms with Gasteiger partial charge in [-0.3, -0.25) is 9.97 Å². The van der Waals surface area contributed by atoms with Gasteiger partial charge in [0.2, 0.25) is 0 Å². The Bertz CT molecular complexity index is 453. The van der Waals surface area contributed by atoms with E-state index < -0.39 is 0 Å². The number of rotatable bonds is 5. The first-order valence-corrected chi connectivity index (χ1v) is 6.71. The minimum Gasteiger partial charge on any atom is -0.311 e. The Hall–Kier alpha value is -1.26. The lowest BCUT2D eigenvalue weighted by molar-refractivity contribution is 0.573. The Balaban J connectivity index is 2.22. The lowest BCUT2D eigenvalue weighted by Crippen LogP contribution is -2.21. The van der Waals surface area contributed by atoms with Gasteiger partial charge < -0.3 is 5.32 Å². The summed E-state index contributed by atoms with van der Waals surface area (Å²) < 4.78 is 0. The van der Waals surface area contributed by atoms with E-state index in [9.17, 15) is 0 Å². The van der Waals surface area contributed by atoms with Gasteiger partial charge in [0, 0.05) is 23.7 Å². The number of pyridine rings is 1. The van der Waals surface area contributed by atoms with Gasteiger partial charge in [0.15, 0.2) is 0 Å². The van der Waals surface area contributed by atoms with Crippen molar-refractivity contribution >= 4 is 11.3 Å². The number of nitrogens with zero attached hydrogens (tertiary/aromatic N) is 2. The Morgan fingerprint density at radius 1 is 1.47 bits per heavy atom. The summed E-state index contributed by atoms with van der Waals surface area (Å²) in [5.74, 6) is 0. The van der Waals surface area contributed by atoms with Gasteiger partial charge in [-0.2, -0.15) is 0 Å². The lowest BCUT2D eigenvalue weighted by atomic mass is 10.0. The third kappa shape index (κ3) is 2.90. The molecule has 0 saturated heterocycles. The molecule has 0 aliphatic rings. The van der Waals surface area contributed by atoms with Gasteiger partial charge in [0.25, 0.3) is 0 Å². The fourth-order valence-corrected chi connectivity index (χ4v) is 2.58. The molecule has 0 aliphatic heterocycles. The van der Waals surface area contributed by atoms with Crippen molar-refractivity contribution in [2.75, 3.05) is 7.05 Å². The third-order valence-corrected chi connectivity index (χ3v) is 3.68. The van der Waals surface area contributed by atoms with Crippen LogP contribution in [0, 0.1) is 0 Å². The molecule has 1 N–H and O–H groups in total. The second-order valence-corrected chi connectivity index (χ2v) is 4.89. The Morgan fingerprint density at radius 2 is 2.35 bits per heavy atom. The molecule has 3 nitrogen and oxygen atoms in total. The zero-order chi connectivity index (χ0) is 12.1. The second-order valence-electron chi connectivity index (χ2n) is 3.91. The van der Waals surface area contributed by atoms with Gasteiger partial charge in [-0.15, -0.1) is 11.3 Å². The monoisotopic (exact) mass is 247 g/mol. The Morgan fingerprint density at radius 3 is 3.00 bits per heavy atom. The van der Waals surface area contributed by atoms with Crippen LogP contribution in [0.5, 0.6) is 0 Å². The third-order valence-electron chi connectivity index (χ3n) is 2.87. The van der Waals surface area contributed by atoms with E-state index in [-0.39, 0.29) is 6.04 Å². The second kappa shape index (κ2) is 5.89. The van der Waals surface area contributed by atoms with Gasteiger partial charge >= 0.3 is 0 Å². The summed E-state index contributed by atoms with van der Waals surface area (Å²) >= 11 is 1.70. The molecule has 2 heterocycles. The first-order valence-electron chi connectivity index (χ1n) is 5.83. The molecule has 0 bridgehead atoms. The molecule has 0 aliphatic carbocycles. The number of thiazole rings is 1. The van der Waals surface area contributed by atoms with Gasteiger partial charge in [0.1, 0.15) is 0 Å². The average molecular weight is 247 g/mol. The minimum absolute atomic E-state index is 0.270. The van der Waals surface area contributed by atoms with Crippen LogP contribution in [0.4, 0.5) is 0 Å². The fourth-order valence-electron chi connectivity index (χ4n) is 1.94. The van der Waals surface area contributed by atoms with E-state index in [1.54, 1.807) is 11.3 Å². The summed E-state index contributed by atoms with van der Waals surface area (Å²) in [6.45, 7) is 2.17. The van der Waals surface area contributed by atoms with Crippen LogP contribution in [0.3, 0.4) is 0 Å². The van der Waals surface area contributed by atoms with E-state index in [0.717, 1.165) is 18.5 Å². The molecule has 2 aromatic heterocycles. The van der Waals surface area contributed by atoms with Crippen LogP contribution in [-0.4, -0.2) is 17.0 Å². The van der Waals surface area contributed by atoms with E-state index in [1.165, 1.54) is 10.4 Å². The summed E-state index contributed by atoms with van der Waals surface area (Å²) in [6, 6.07) is 4.42. The molecule has 0 saturated carbocycles. The quantitative estimate of drug-likeness (QED) is 0.882. The van der Waals surface area contributed by atoms with Crippen molar-refractivity contribution in [3.8, 4) is 0 Å². The van der Waals surface area contributed by atoms with Crippen molar-refractivity contribution in [2.45, 2.75) is 25.8 Å². The van der Waals surface area contributed by atoms with E-state index >= 15 is 0 Å². The summed E-state index contributed by atoms with van der Waals surface area (Å²) in [7, 11) is 1.99. The number of hydrogen-bond donors (Lipinski definition) is 1. The highest BCUT2D eigenvalue weighted by atomic mass is 32.1. The molecule has 4 heteroatoms. The van der Waals surface area contributed by atoms with Crippen LogP contribution in [0.2, 0.25) is 0 Å². The van der Waals surface area contributed by atoms with Crippen molar-refractivity contribution in [3.63, 3.8) is 0 Å². The summed E-state index contributed by atoms with van der Waals surface area (Å²) in [4.78, 5) is 9.93. The van der Waals surface area contributed by atoms with Gasteiger partial charge in [-0.25, -0.2) is 0 Å². The summed E-state index contributed by atoms with van der Waals surface area (Å²) in [5.41, 5.74) is 4.35. The normalized spacial score (nSPS) is 12.6. The van der Waals surface area contributed by atoms with Crippen LogP contribution in [0.15, 0.2) is 30.0 Å². The van der Waals surface area contributed by atoms with Gasteiger partial charge in [0.05, 0.1) is 17.2 Å². The number of aromatic nitrogens is 2. The molecule has 0 amide bonds. The van der Waals surface area contributed by atoms with Crippen molar-refractivity contribution < 1.29 is 0 Å². The molecule has 1 unspecified atom stereocenters. The maximum atomic E-state index is 4.52. The molecular weight excluding hydrogens is 230 g/mol. The predicted octanol–water partition coefficient (Wildman–Crippen LogP) is 2.60. The smallest absolute Gasteiger partial charge is 0.0794 e. The maximum Gasteiger partial charge on any atom is 0.0794 e. The summed E-state index contributed by atoms with van der Waals surface area (Å²) in [5, 5.41) is 3.35. The number of hydrogen-bond acceptors (Lipinski definition) is 4. The van der Waals surface area contributed by atoms with Crippen LogP contribution >= 0.6 is 11.3 Å². The highest BCUT2D eigenvalue weighted by molar-refractivity contribution is 7.09. The molecule has 0 radical (unpaired) electrons. The lowest BCUT2D eigenvalue weighted by Gasteiger charge is -2.17. The number of likely N-dealkylation sites (N-methyl/N-ethyl adjacent to an activating group) is 1. The fraction of sp³-hybridized carbons (Fsp3) is 0.385. The number of aryl methyl sites for hydroxylation is 1. The molecule has 2 aromatic rings. The van der Waals surface area contributed by atoms with E-state index in [2.05, 4.69) is 28.3 Å². The average Bonchev–Trinajstić information content (AvgIpc) is 2.89. The van der Waals surface area contributed by atoms with Crippen molar-refractivity contribution in [3.05, 3.63) is 46.2 Å².